The van der Waals surface area contributed by atoms with Crippen molar-refractivity contribution in [3.63, 3.8) is 0 Å². The van der Waals surface area contributed by atoms with E-state index >= 15 is 0 Å². The van der Waals surface area contributed by atoms with Crippen LogP contribution in [0.5, 0.6) is 0 Å². The number of anilines is 1. The second kappa shape index (κ2) is 6.03. The molecule has 1 aliphatic rings. The topological polar surface area (TPSA) is 38.3 Å². The molecule has 1 aromatic rings. The lowest BCUT2D eigenvalue weighted by atomic mass is 10.1. The third-order valence-corrected chi connectivity index (χ3v) is 3.02. The Bertz CT molecular complexity index is 372. The lowest BCUT2D eigenvalue weighted by Crippen LogP contribution is -2.26. The quantitative estimate of drug-likeness (QED) is 0.838. The van der Waals surface area contributed by atoms with Crippen molar-refractivity contribution < 1.29 is 9.53 Å². The fourth-order valence-corrected chi connectivity index (χ4v) is 2.09. The molecule has 0 bridgehead atoms. The number of hydrogen-bond acceptors (Lipinski definition) is 2. The number of hydrogen-bond donors (Lipinski definition) is 1. The van der Waals surface area contributed by atoms with Crippen LogP contribution in [0.2, 0.25) is 0 Å². The van der Waals surface area contributed by atoms with Crippen LogP contribution in [0.15, 0.2) is 24.3 Å². The first-order valence-electron chi connectivity index (χ1n) is 5.87. The molecule has 1 saturated heterocycles. The van der Waals surface area contributed by atoms with Crippen LogP contribution in [0.4, 0.5) is 5.69 Å². The van der Waals surface area contributed by atoms with Crippen LogP contribution < -0.4 is 5.32 Å². The van der Waals surface area contributed by atoms with Gasteiger partial charge in [-0.05, 0) is 37.0 Å². The van der Waals surface area contributed by atoms with E-state index in [1.807, 2.05) is 24.3 Å². The van der Waals surface area contributed by atoms with Crippen molar-refractivity contribution in [2.24, 2.45) is 0 Å². The summed E-state index contributed by atoms with van der Waals surface area (Å²) in [7, 11) is 0. The molecule has 0 aliphatic carbocycles. The second-order valence-corrected chi connectivity index (χ2v) is 4.50. The summed E-state index contributed by atoms with van der Waals surface area (Å²) in [6, 6.07) is 7.75. The molecule has 1 amide bonds. The van der Waals surface area contributed by atoms with Crippen LogP contribution in [0.3, 0.4) is 0 Å². The van der Waals surface area contributed by atoms with Gasteiger partial charge >= 0.3 is 0 Å². The Morgan fingerprint density at radius 3 is 2.76 bits per heavy atom. The molecule has 1 fully saturated rings. The third kappa shape index (κ3) is 3.45. The molecule has 1 aromatic carbocycles. The highest BCUT2D eigenvalue weighted by molar-refractivity contribution is 6.17. The molecular formula is C13H16ClNO2. The summed E-state index contributed by atoms with van der Waals surface area (Å²) in [5, 5.41) is 2.86. The lowest BCUT2D eigenvalue weighted by molar-refractivity contribution is -0.124. The molecule has 4 heteroatoms. The van der Waals surface area contributed by atoms with Gasteiger partial charge in [0, 0.05) is 18.2 Å². The smallest absolute Gasteiger partial charge is 0.253 e. The number of alkyl halides is 1. The summed E-state index contributed by atoms with van der Waals surface area (Å²) in [4.78, 5) is 11.8. The number of benzene rings is 1. The fraction of sp³-hybridized carbons (Fsp3) is 0.462. The molecule has 1 atom stereocenters. The van der Waals surface area contributed by atoms with Crippen molar-refractivity contribution in [2.75, 3.05) is 17.8 Å². The predicted molar refractivity (Wildman–Crippen MR) is 68.5 cm³/mol. The van der Waals surface area contributed by atoms with E-state index in [9.17, 15) is 4.79 Å². The minimum Gasteiger partial charge on any atom is -0.368 e. The third-order valence-electron chi connectivity index (χ3n) is 2.83. The van der Waals surface area contributed by atoms with Gasteiger partial charge in [0.05, 0.1) is 0 Å². The highest BCUT2D eigenvalue weighted by Gasteiger charge is 2.23. The van der Waals surface area contributed by atoms with E-state index in [2.05, 4.69) is 5.32 Å². The fourth-order valence-electron chi connectivity index (χ4n) is 1.87. The van der Waals surface area contributed by atoms with Gasteiger partial charge in [0.15, 0.2) is 0 Å². The van der Waals surface area contributed by atoms with E-state index in [0.717, 1.165) is 24.9 Å². The summed E-state index contributed by atoms with van der Waals surface area (Å²) in [6.45, 7) is 0.687. The molecule has 0 spiro atoms. The zero-order chi connectivity index (χ0) is 12.1. The molecular weight excluding hydrogens is 238 g/mol. The molecule has 0 saturated carbocycles. The normalized spacial score (nSPS) is 19.2. The SMILES string of the molecule is O=C(Nc1ccc(CCCl)cc1)C1CCCO1. The lowest BCUT2D eigenvalue weighted by Gasteiger charge is -2.10. The summed E-state index contributed by atoms with van der Waals surface area (Å²) in [5.41, 5.74) is 1.99. The van der Waals surface area contributed by atoms with Gasteiger partial charge in [0.2, 0.25) is 0 Å². The van der Waals surface area contributed by atoms with E-state index in [4.69, 9.17) is 16.3 Å². The maximum absolute atomic E-state index is 11.8. The van der Waals surface area contributed by atoms with Gasteiger partial charge in [-0.1, -0.05) is 12.1 Å². The maximum atomic E-state index is 11.8. The minimum absolute atomic E-state index is 0.0485. The summed E-state index contributed by atoms with van der Waals surface area (Å²) in [5.74, 6) is 0.564. The number of amides is 1. The van der Waals surface area contributed by atoms with Crippen molar-refractivity contribution >= 4 is 23.2 Å². The largest absolute Gasteiger partial charge is 0.368 e. The minimum atomic E-state index is -0.280. The van der Waals surface area contributed by atoms with E-state index in [1.54, 1.807) is 0 Å². The molecule has 92 valence electrons. The van der Waals surface area contributed by atoms with Gasteiger partial charge in [0.25, 0.3) is 5.91 Å². The van der Waals surface area contributed by atoms with E-state index < -0.39 is 0 Å². The first kappa shape index (κ1) is 12.4. The molecule has 0 radical (unpaired) electrons. The number of ether oxygens (including phenoxy) is 1. The van der Waals surface area contributed by atoms with Crippen LogP contribution in [0.25, 0.3) is 0 Å². The summed E-state index contributed by atoms with van der Waals surface area (Å²) in [6.07, 6.45) is 2.35. The highest BCUT2D eigenvalue weighted by Crippen LogP contribution is 2.16. The van der Waals surface area contributed by atoms with Crippen molar-refractivity contribution in [1.82, 2.24) is 0 Å². The molecule has 2 rings (SSSR count). The van der Waals surface area contributed by atoms with Gasteiger partial charge in [0.1, 0.15) is 6.10 Å². The molecule has 17 heavy (non-hydrogen) atoms. The number of carbonyl (C=O) groups excluding carboxylic acids is 1. The van der Waals surface area contributed by atoms with Gasteiger partial charge in [-0.3, -0.25) is 4.79 Å². The number of nitrogens with one attached hydrogen (secondary N) is 1. The Balaban J connectivity index is 1.91. The van der Waals surface area contributed by atoms with Crippen LogP contribution >= 0.6 is 11.6 Å². The molecule has 1 heterocycles. The zero-order valence-electron chi connectivity index (χ0n) is 9.62. The van der Waals surface area contributed by atoms with E-state index in [-0.39, 0.29) is 12.0 Å². The van der Waals surface area contributed by atoms with Crippen molar-refractivity contribution in [3.05, 3.63) is 29.8 Å². The van der Waals surface area contributed by atoms with Gasteiger partial charge in [-0.25, -0.2) is 0 Å². The molecule has 3 nitrogen and oxygen atoms in total. The first-order chi connectivity index (χ1) is 8.29. The highest BCUT2D eigenvalue weighted by atomic mass is 35.5. The Labute approximate surface area is 106 Å². The number of halogens is 1. The van der Waals surface area contributed by atoms with E-state index in [1.165, 1.54) is 5.56 Å². The summed E-state index contributed by atoms with van der Waals surface area (Å²) >= 11 is 5.66. The van der Waals surface area contributed by atoms with Crippen LogP contribution in [0.1, 0.15) is 18.4 Å². The standard InChI is InChI=1S/C13H16ClNO2/c14-8-7-10-3-5-11(6-4-10)15-13(16)12-2-1-9-17-12/h3-6,12H,1-2,7-9H2,(H,15,16). The molecule has 1 N–H and O–H groups in total. The van der Waals surface area contributed by atoms with Gasteiger partial charge in [-0.2, -0.15) is 0 Å². The number of aryl methyl sites for hydroxylation is 1. The van der Waals surface area contributed by atoms with Gasteiger partial charge in [-0.15, -0.1) is 11.6 Å². The average molecular weight is 254 g/mol. The second-order valence-electron chi connectivity index (χ2n) is 4.13. The van der Waals surface area contributed by atoms with Crippen LogP contribution in [-0.2, 0) is 16.0 Å². The van der Waals surface area contributed by atoms with Crippen LogP contribution in [-0.4, -0.2) is 24.5 Å². The molecule has 1 unspecified atom stereocenters. The maximum Gasteiger partial charge on any atom is 0.253 e. The predicted octanol–water partition coefficient (Wildman–Crippen LogP) is 2.59. The summed E-state index contributed by atoms with van der Waals surface area (Å²) < 4.78 is 5.32. The van der Waals surface area contributed by atoms with Crippen molar-refractivity contribution in [3.8, 4) is 0 Å². The Kier molecular flexibility index (Phi) is 4.40. The average Bonchev–Trinajstić information content (AvgIpc) is 2.86. The van der Waals surface area contributed by atoms with Crippen molar-refractivity contribution in [1.29, 1.82) is 0 Å². The monoisotopic (exact) mass is 253 g/mol. The zero-order valence-corrected chi connectivity index (χ0v) is 10.4. The molecule has 1 aliphatic heterocycles. The van der Waals surface area contributed by atoms with Gasteiger partial charge < -0.3 is 10.1 Å². The number of carbonyl (C=O) groups is 1. The first-order valence-corrected chi connectivity index (χ1v) is 6.40. The van der Waals surface area contributed by atoms with Crippen molar-refractivity contribution in [2.45, 2.75) is 25.4 Å². The van der Waals surface area contributed by atoms with Crippen LogP contribution in [0, 0.1) is 0 Å². The molecule has 0 aromatic heterocycles. The Hall–Kier alpha value is -1.06. The Morgan fingerprint density at radius 1 is 1.41 bits per heavy atom. The number of rotatable bonds is 4. The van der Waals surface area contributed by atoms with E-state index in [0.29, 0.717) is 12.5 Å². The Morgan fingerprint density at radius 2 is 2.18 bits per heavy atom.